The van der Waals surface area contributed by atoms with Crippen LogP contribution in [-0.2, 0) is 0 Å². The molecule has 0 amide bonds. The van der Waals surface area contributed by atoms with Crippen molar-refractivity contribution in [1.29, 1.82) is 0 Å². The summed E-state index contributed by atoms with van der Waals surface area (Å²) in [6, 6.07) is 24.5. The molecule has 0 bridgehead atoms. The monoisotopic (exact) mass is 881 g/mol. The van der Waals surface area contributed by atoms with Crippen molar-refractivity contribution >= 4 is 78.6 Å². The molecule has 8 aromatic rings. The van der Waals surface area contributed by atoms with E-state index in [9.17, 15) is 0 Å². The van der Waals surface area contributed by atoms with Gasteiger partial charge in [0.25, 0.3) is 0 Å². The zero-order chi connectivity index (χ0) is 45.7. The van der Waals surface area contributed by atoms with Gasteiger partial charge in [-0.25, -0.2) is 15.0 Å². The second-order valence-electron chi connectivity index (χ2n) is 13.0. The average Bonchev–Trinajstić information content (AvgIpc) is 3.88. The van der Waals surface area contributed by atoms with E-state index in [1.54, 1.807) is 66.4 Å². The second-order valence-corrected chi connectivity index (χ2v) is 15.9. The van der Waals surface area contributed by atoms with Crippen LogP contribution in [0.4, 0.5) is 44.4 Å². The SMILES string of the molecule is Cc1cc(N)cnn1.Cc1cc(N)cs1.Cc1cc(N)sn1.Cc1cccc(N)c1.Cc1cccc(N)n1.Cc1cncc(N)c1.Cc1csc(N)c1.Cc1nccc(N)n1. The predicted octanol–water partition coefficient (Wildman–Crippen LogP) is 8.57. The number of aromatic nitrogens is 7. The fraction of sp³-hybridized carbons (Fsp3) is 0.186. The number of benzene rings is 1. The molecule has 0 aliphatic carbocycles. The maximum Gasteiger partial charge on any atom is 0.127 e. The van der Waals surface area contributed by atoms with Crippen LogP contribution >= 0.6 is 34.2 Å². The van der Waals surface area contributed by atoms with Crippen molar-refractivity contribution in [3.63, 3.8) is 0 Å². The second kappa shape index (κ2) is 29.3. The highest BCUT2D eigenvalue weighted by Gasteiger charge is 1.89. The number of aryl methyl sites for hydroxylation is 8. The number of hydrogen-bond acceptors (Lipinski definition) is 18. The summed E-state index contributed by atoms with van der Waals surface area (Å²) in [4.78, 5) is 16.8. The Morgan fingerprint density at radius 1 is 0.475 bits per heavy atom. The standard InChI is InChI=1S/C7H9N.2C6H8N2.2C5H7N3.2C5H7NS.C4H6N2S/c1-6-3-2-4-7(8)5-6;1-5-2-6(7)4-8-3-5;1-5-3-2-4-6(7)8-5;1-4-2-5(6)3-7-8-4;1-4-7-3-2-5(6)8-4;1-4-2-5(6)3-7-4;1-4-2-5(6)7-3-4;1-3-2-4(5)7-6-3/h2-5H,8H2,1H3;2-4H,7H2,1H3;2-4H,1H3,(H2,7,8);2-3H,1H3,(H2,6,8);2-3H,1H3,(H2,6,7,8);2*2-3H,6H2,1H3;2H,5H2,1H3. The molecule has 15 nitrogen and oxygen atoms in total. The van der Waals surface area contributed by atoms with E-state index in [1.807, 2.05) is 120 Å². The molecule has 0 spiro atoms. The summed E-state index contributed by atoms with van der Waals surface area (Å²) >= 11 is 4.59. The summed E-state index contributed by atoms with van der Waals surface area (Å²) in [6.07, 6.45) is 6.56. The highest BCUT2D eigenvalue weighted by Crippen LogP contribution is 2.14. The van der Waals surface area contributed by atoms with Crippen molar-refractivity contribution in [2.24, 2.45) is 0 Å². The van der Waals surface area contributed by atoms with Gasteiger partial charge >= 0.3 is 0 Å². The molecule has 0 aliphatic rings. The van der Waals surface area contributed by atoms with E-state index < -0.39 is 0 Å². The molecular formula is C43H59N15S3. The van der Waals surface area contributed by atoms with Gasteiger partial charge in [0, 0.05) is 45.9 Å². The lowest BCUT2D eigenvalue weighted by Crippen LogP contribution is -1.92. The van der Waals surface area contributed by atoms with Crippen LogP contribution in [0.25, 0.3) is 0 Å². The molecule has 16 N–H and O–H groups in total. The maximum atomic E-state index is 5.46. The molecule has 324 valence electrons. The number of nitrogen functional groups attached to an aromatic ring is 8. The van der Waals surface area contributed by atoms with Gasteiger partial charge in [-0.15, -0.1) is 22.7 Å². The van der Waals surface area contributed by atoms with Gasteiger partial charge in [0.1, 0.15) is 22.5 Å². The van der Waals surface area contributed by atoms with Gasteiger partial charge in [-0.3, -0.25) is 4.98 Å². The van der Waals surface area contributed by atoms with Crippen molar-refractivity contribution in [1.82, 2.24) is 34.5 Å². The third-order valence-corrected chi connectivity index (χ3v) is 9.06. The van der Waals surface area contributed by atoms with Crippen LogP contribution in [0.3, 0.4) is 0 Å². The predicted molar refractivity (Wildman–Crippen MR) is 263 cm³/mol. The summed E-state index contributed by atoms with van der Waals surface area (Å²) in [5.74, 6) is 1.83. The molecule has 18 heteroatoms. The smallest absolute Gasteiger partial charge is 0.127 e. The zero-order valence-electron chi connectivity index (χ0n) is 35.9. The Morgan fingerprint density at radius 2 is 1.15 bits per heavy atom. The summed E-state index contributed by atoms with van der Waals surface area (Å²) < 4.78 is 3.93. The van der Waals surface area contributed by atoms with E-state index >= 15 is 0 Å². The largest absolute Gasteiger partial charge is 0.399 e. The third kappa shape index (κ3) is 28.2. The fourth-order valence-electron chi connectivity index (χ4n) is 4.08. The lowest BCUT2D eigenvalue weighted by atomic mass is 10.2. The van der Waals surface area contributed by atoms with Crippen LogP contribution in [0.15, 0.2) is 114 Å². The fourth-order valence-corrected chi connectivity index (χ4v) is 5.84. The van der Waals surface area contributed by atoms with Crippen molar-refractivity contribution in [3.8, 4) is 0 Å². The number of thiophene rings is 2. The first-order valence-corrected chi connectivity index (χ1v) is 20.9. The first-order chi connectivity index (χ1) is 28.8. The Bertz CT molecular complexity index is 1910. The summed E-state index contributed by atoms with van der Waals surface area (Å²) in [5.41, 5.74) is 52.5. The van der Waals surface area contributed by atoms with Gasteiger partial charge in [-0.2, -0.15) is 14.6 Å². The van der Waals surface area contributed by atoms with Crippen molar-refractivity contribution in [3.05, 3.63) is 159 Å². The molecule has 0 saturated carbocycles. The third-order valence-electron chi connectivity index (χ3n) is 6.59. The minimum atomic E-state index is 0.525. The zero-order valence-corrected chi connectivity index (χ0v) is 38.4. The van der Waals surface area contributed by atoms with Crippen LogP contribution < -0.4 is 45.9 Å². The van der Waals surface area contributed by atoms with E-state index in [0.29, 0.717) is 23.1 Å². The lowest BCUT2D eigenvalue weighted by Gasteiger charge is -1.91. The van der Waals surface area contributed by atoms with Crippen LogP contribution in [-0.4, -0.2) is 34.5 Å². The summed E-state index contributed by atoms with van der Waals surface area (Å²) in [7, 11) is 0. The molecule has 61 heavy (non-hydrogen) atoms. The van der Waals surface area contributed by atoms with E-state index in [1.165, 1.54) is 33.7 Å². The number of hydrogen-bond donors (Lipinski definition) is 8. The minimum absolute atomic E-state index is 0.525. The Kier molecular flexibility index (Phi) is 25.1. The van der Waals surface area contributed by atoms with Crippen molar-refractivity contribution < 1.29 is 0 Å². The number of nitrogens with zero attached hydrogens (tertiary/aromatic N) is 7. The summed E-state index contributed by atoms with van der Waals surface area (Å²) in [5, 5.41) is 13.0. The van der Waals surface area contributed by atoms with Crippen LogP contribution in [0, 0.1) is 55.4 Å². The quantitative estimate of drug-likeness (QED) is 0.0662. The average molecular weight is 882 g/mol. The Hall–Kier alpha value is -6.89. The number of anilines is 8. The first kappa shape index (κ1) is 52.1. The molecule has 1 aromatic carbocycles. The Labute approximate surface area is 371 Å². The molecule has 7 aromatic heterocycles. The summed E-state index contributed by atoms with van der Waals surface area (Å²) in [6.45, 7) is 15.6. The minimum Gasteiger partial charge on any atom is -0.399 e. The lowest BCUT2D eigenvalue weighted by molar-refractivity contribution is 0.984. The highest BCUT2D eigenvalue weighted by molar-refractivity contribution is 7.14. The molecule has 0 aliphatic heterocycles. The van der Waals surface area contributed by atoms with Crippen LogP contribution in [0.2, 0.25) is 0 Å². The number of nitrogens with two attached hydrogens (primary N) is 8. The van der Waals surface area contributed by atoms with E-state index in [0.717, 1.165) is 49.7 Å². The van der Waals surface area contributed by atoms with Crippen LogP contribution in [0.5, 0.6) is 0 Å². The molecule has 8 rings (SSSR count). The van der Waals surface area contributed by atoms with Crippen molar-refractivity contribution in [2.75, 3.05) is 45.9 Å². The Balaban J connectivity index is 0.000000349. The normalized spacial score (nSPS) is 9.18. The molecular weight excluding hydrogens is 823 g/mol. The van der Waals surface area contributed by atoms with Gasteiger partial charge in [0.15, 0.2) is 0 Å². The van der Waals surface area contributed by atoms with E-state index in [4.69, 9.17) is 45.9 Å². The van der Waals surface area contributed by atoms with Gasteiger partial charge in [-0.05, 0) is 150 Å². The first-order valence-electron chi connectivity index (χ1n) is 18.4. The number of rotatable bonds is 0. The highest BCUT2D eigenvalue weighted by atomic mass is 32.1. The van der Waals surface area contributed by atoms with Gasteiger partial charge < -0.3 is 45.9 Å². The Morgan fingerprint density at radius 3 is 1.44 bits per heavy atom. The van der Waals surface area contributed by atoms with E-state index in [-0.39, 0.29) is 0 Å². The molecule has 7 heterocycles. The van der Waals surface area contributed by atoms with Gasteiger partial charge in [0.05, 0.1) is 34.0 Å². The maximum absolute atomic E-state index is 5.46. The molecule has 0 fully saturated rings. The van der Waals surface area contributed by atoms with Gasteiger partial charge in [-0.1, -0.05) is 18.2 Å². The molecule has 0 unspecified atom stereocenters. The topological polar surface area (TPSA) is 298 Å². The van der Waals surface area contributed by atoms with E-state index in [2.05, 4.69) is 34.5 Å². The van der Waals surface area contributed by atoms with Crippen molar-refractivity contribution in [2.45, 2.75) is 55.4 Å². The molecule has 0 atom stereocenters. The van der Waals surface area contributed by atoms with Gasteiger partial charge in [0.2, 0.25) is 0 Å². The molecule has 0 radical (unpaired) electrons. The number of pyridine rings is 2. The molecule has 0 saturated heterocycles. The van der Waals surface area contributed by atoms with Crippen LogP contribution in [0.1, 0.15) is 44.5 Å².